The number of rotatable bonds is 2. The van der Waals surface area contributed by atoms with Gasteiger partial charge in [0.15, 0.2) is 0 Å². The van der Waals surface area contributed by atoms with E-state index in [2.05, 4.69) is 25.7 Å². The van der Waals surface area contributed by atoms with Crippen molar-refractivity contribution in [2.24, 2.45) is 11.8 Å². The Morgan fingerprint density at radius 1 is 1.19 bits per heavy atom. The molecule has 2 fully saturated rings. The predicted octanol–water partition coefficient (Wildman–Crippen LogP) is 2.66. The molecule has 0 amide bonds. The van der Waals surface area contributed by atoms with Crippen LogP contribution in [0.5, 0.6) is 0 Å². The summed E-state index contributed by atoms with van der Waals surface area (Å²) in [6.45, 7) is 8.14. The number of hydrogen-bond acceptors (Lipinski definition) is 2. The van der Waals surface area contributed by atoms with E-state index in [1.54, 1.807) is 0 Å². The summed E-state index contributed by atoms with van der Waals surface area (Å²) in [5.74, 6) is 1.65. The quantitative estimate of drug-likeness (QED) is 0.781. The van der Waals surface area contributed by atoms with Crippen LogP contribution in [0, 0.1) is 11.8 Å². The topological polar surface area (TPSA) is 23.5 Å². The Hall–Kier alpha value is -0.0800. The van der Waals surface area contributed by atoms with E-state index in [0.717, 1.165) is 18.3 Å². The summed E-state index contributed by atoms with van der Waals surface area (Å²) in [6, 6.07) is 1.11. The van der Waals surface area contributed by atoms with Gasteiger partial charge in [0, 0.05) is 18.6 Å². The van der Waals surface area contributed by atoms with Crippen molar-refractivity contribution in [3.63, 3.8) is 0 Å². The molecule has 0 aromatic heterocycles. The first kappa shape index (κ1) is 12.4. The average molecular weight is 225 g/mol. The van der Waals surface area contributed by atoms with Gasteiger partial charge < -0.3 is 5.11 Å². The largest absolute Gasteiger partial charge is 0.391 e. The van der Waals surface area contributed by atoms with E-state index in [9.17, 15) is 5.11 Å². The molecule has 0 spiro atoms. The van der Waals surface area contributed by atoms with Gasteiger partial charge in [0.1, 0.15) is 0 Å². The molecule has 1 aliphatic carbocycles. The molecule has 2 aliphatic rings. The monoisotopic (exact) mass is 225 g/mol. The zero-order valence-corrected chi connectivity index (χ0v) is 11.0. The molecule has 1 saturated carbocycles. The van der Waals surface area contributed by atoms with Gasteiger partial charge in [-0.15, -0.1) is 0 Å². The van der Waals surface area contributed by atoms with Crippen LogP contribution in [0.1, 0.15) is 52.9 Å². The van der Waals surface area contributed by atoms with Gasteiger partial charge in [-0.3, -0.25) is 4.90 Å². The van der Waals surface area contributed by atoms with E-state index in [1.165, 1.54) is 32.2 Å². The average Bonchev–Trinajstić information content (AvgIpc) is 2.58. The smallest absolute Gasteiger partial charge is 0.0695 e. The zero-order valence-electron chi connectivity index (χ0n) is 11.0. The van der Waals surface area contributed by atoms with Crippen LogP contribution in [0.3, 0.4) is 0 Å². The summed E-state index contributed by atoms with van der Waals surface area (Å²) >= 11 is 0. The summed E-state index contributed by atoms with van der Waals surface area (Å²) in [5, 5.41) is 10.2. The van der Waals surface area contributed by atoms with E-state index < -0.39 is 0 Å². The van der Waals surface area contributed by atoms with Gasteiger partial charge in [-0.05, 0) is 44.4 Å². The number of hydrogen-bond donors (Lipinski definition) is 1. The van der Waals surface area contributed by atoms with Crippen molar-refractivity contribution in [2.45, 2.75) is 71.1 Å². The van der Waals surface area contributed by atoms with E-state index in [4.69, 9.17) is 0 Å². The highest BCUT2D eigenvalue weighted by molar-refractivity contribution is 4.92. The van der Waals surface area contributed by atoms with Crippen LogP contribution in [-0.2, 0) is 0 Å². The minimum atomic E-state index is -0.0736. The van der Waals surface area contributed by atoms with Gasteiger partial charge in [0.05, 0.1) is 6.10 Å². The predicted molar refractivity (Wildman–Crippen MR) is 67.4 cm³/mol. The zero-order chi connectivity index (χ0) is 11.7. The lowest BCUT2D eigenvalue weighted by Gasteiger charge is -2.40. The molecule has 1 heterocycles. The fourth-order valence-electron chi connectivity index (χ4n) is 3.74. The van der Waals surface area contributed by atoms with E-state index in [0.29, 0.717) is 12.1 Å². The number of likely N-dealkylation sites (tertiary alicyclic amines) is 1. The highest BCUT2D eigenvalue weighted by Crippen LogP contribution is 2.35. The molecular formula is C14H27NO. The van der Waals surface area contributed by atoms with Crippen LogP contribution in [0.4, 0.5) is 0 Å². The Labute approximate surface area is 100 Å². The van der Waals surface area contributed by atoms with Crippen LogP contribution >= 0.6 is 0 Å². The second-order valence-electron chi connectivity index (χ2n) is 6.11. The third kappa shape index (κ3) is 2.43. The summed E-state index contributed by atoms with van der Waals surface area (Å²) in [5.41, 5.74) is 0. The van der Waals surface area contributed by atoms with Gasteiger partial charge in [-0.25, -0.2) is 0 Å². The lowest BCUT2D eigenvalue weighted by molar-refractivity contribution is -0.00154. The molecule has 2 nitrogen and oxygen atoms in total. The molecule has 1 saturated heterocycles. The van der Waals surface area contributed by atoms with Crippen LogP contribution in [0.25, 0.3) is 0 Å². The van der Waals surface area contributed by atoms with Crippen molar-refractivity contribution in [3.8, 4) is 0 Å². The molecule has 16 heavy (non-hydrogen) atoms. The molecule has 5 unspecified atom stereocenters. The SMILES string of the molecule is CCC1CCC(O)C(N2CC(C)CC2C)C1. The maximum atomic E-state index is 10.2. The Morgan fingerprint density at radius 2 is 1.94 bits per heavy atom. The lowest BCUT2D eigenvalue weighted by atomic mass is 9.81. The molecule has 94 valence electrons. The molecule has 5 atom stereocenters. The van der Waals surface area contributed by atoms with Gasteiger partial charge in [-0.2, -0.15) is 0 Å². The fourth-order valence-corrected chi connectivity index (χ4v) is 3.74. The maximum absolute atomic E-state index is 10.2. The second kappa shape index (κ2) is 5.05. The Bertz CT molecular complexity index is 231. The highest BCUT2D eigenvalue weighted by atomic mass is 16.3. The van der Waals surface area contributed by atoms with Crippen LogP contribution in [0.15, 0.2) is 0 Å². The van der Waals surface area contributed by atoms with Crippen molar-refractivity contribution < 1.29 is 5.11 Å². The standard InChI is InChI=1S/C14H27NO/c1-4-12-5-6-14(16)13(8-12)15-9-10(2)7-11(15)3/h10-14,16H,4-9H2,1-3H3. The Kier molecular flexibility index (Phi) is 3.91. The first-order chi connectivity index (χ1) is 7.61. The fraction of sp³-hybridized carbons (Fsp3) is 1.00. The van der Waals surface area contributed by atoms with Gasteiger partial charge >= 0.3 is 0 Å². The molecule has 0 aromatic rings. The van der Waals surface area contributed by atoms with E-state index in [1.807, 2.05) is 0 Å². The summed E-state index contributed by atoms with van der Waals surface area (Å²) < 4.78 is 0. The molecule has 0 aromatic carbocycles. The van der Waals surface area contributed by atoms with E-state index in [-0.39, 0.29) is 6.10 Å². The third-order valence-electron chi connectivity index (χ3n) is 4.73. The van der Waals surface area contributed by atoms with Crippen molar-refractivity contribution in [1.82, 2.24) is 4.90 Å². The van der Waals surface area contributed by atoms with Gasteiger partial charge in [0.25, 0.3) is 0 Å². The molecule has 2 heteroatoms. The van der Waals surface area contributed by atoms with Crippen LogP contribution in [0.2, 0.25) is 0 Å². The van der Waals surface area contributed by atoms with Crippen LogP contribution in [-0.4, -0.2) is 34.7 Å². The molecular weight excluding hydrogens is 198 g/mol. The van der Waals surface area contributed by atoms with Crippen molar-refractivity contribution in [3.05, 3.63) is 0 Å². The van der Waals surface area contributed by atoms with Crippen molar-refractivity contribution in [2.75, 3.05) is 6.54 Å². The minimum Gasteiger partial charge on any atom is -0.391 e. The third-order valence-corrected chi connectivity index (χ3v) is 4.73. The molecule has 2 rings (SSSR count). The van der Waals surface area contributed by atoms with Gasteiger partial charge in [-0.1, -0.05) is 20.3 Å². The maximum Gasteiger partial charge on any atom is 0.0695 e. The molecule has 0 bridgehead atoms. The van der Waals surface area contributed by atoms with E-state index >= 15 is 0 Å². The highest BCUT2D eigenvalue weighted by Gasteiger charge is 2.38. The molecule has 1 N–H and O–H groups in total. The number of aliphatic hydroxyl groups is 1. The summed E-state index contributed by atoms with van der Waals surface area (Å²) in [4.78, 5) is 2.58. The number of nitrogens with zero attached hydrogens (tertiary/aromatic N) is 1. The molecule has 1 aliphatic heterocycles. The minimum absolute atomic E-state index is 0.0736. The molecule has 0 radical (unpaired) electrons. The number of aliphatic hydroxyl groups excluding tert-OH is 1. The Balaban J connectivity index is 2.00. The lowest BCUT2D eigenvalue weighted by Crippen LogP contribution is -2.48. The first-order valence-corrected chi connectivity index (χ1v) is 7.05. The second-order valence-corrected chi connectivity index (χ2v) is 6.11. The summed E-state index contributed by atoms with van der Waals surface area (Å²) in [7, 11) is 0. The van der Waals surface area contributed by atoms with Crippen molar-refractivity contribution >= 4 is 0 Å². The normalized spacial score (nSPS) is 46.1. The first-order valence-electron chi connectivity index (χ1n) is 7.05. The Morgan fingerprint density at radius 3 is 2.50 bits per heavy atom. The summed E-state index contributed by atoms with van der Waals surface area (Å²) in [6.07, 6.45) is 5.97. The van der Waals surface area contributed by atoms with Gasteiger partial charge in [0.2, 0.25) is 0 Å². The van der Waals surface area contributed by atoms with Crippen LogP contribution < -0.4 is 0 Å². The van der Waals surface area contributed by atoms with Crippen molar-refractivity contribution in [1.29, 1.82) is 0 Å².